The molecule has 3 heteroatoms. The Bertz CT molecular complexity index is 479. The van der Waals surface area contributed by atoms with E-state index in [2.05, 4.69) is 4.40 Å². The summed E-state index contributed by atoms with van der Waals surface area (Å²) in [5.74, 6) is 0.859. The standard InChI is InChI=1S/C14H13NOS/c1-16-13-9-7-12(8-10-13)11-15-17-14-5-3-2-4-6-14/h2-11H,1H3/b15-11+. The van der Waals surface area contributed by atoms with E-state index in [1.165, 1.54) is 11.9 Å². The van der Waals surface area contributed by atoms with Crippen LogP contribution in [0, 0.1) is 0 Å². The van der Waals surface area contributed by atoms with E-state index < -0.39 is 0 Å². The van der Waals surface area contributed by atoms with Crippen molar-refractivity contribution in [2.75, 3.05) is 7.11 Å². The van der Waals surface area contributed by atoms with Crippen molar-refractivity contribution in [2.45, 2.75) is 4.90 Å². The minimum atomic E-state index is 0.859. The zero-order chi connectivity index (χ0) is 11.9. The SMILES string of the molecule is COc1ccc(/C=N/Sc2ccccc2)cc1. The van der Waals surface area contributed by atoms with Gasteiger partial charge >= 0.3 is 0 Å². The molecule has 0 unspecified atom stereocenters. The van der Waals surface area contributed by atoms with Crippen molar-refractivity contribution in [1.82, 2.24) is 0 Å². The fraction of sp³-hybridized carbons (Fsp3) is 0.0714. The van der Waals surface area contributed by atoms with Crippen molar-refractivity contribution < 1.29 is 4.74 Å². The smallest absolute Gasteiger partial charge is 0.118 e. The Morgan fingerprint density at radius 1 is 1.00 bits per heavy atom. The predicted octanol–water partition coefficient (Wildman–Crippen LogP) is 3.82. The molecule has 2 nitrogen and oxygen atoms in total. The molecular weight excluding hydrogens is 230 g/mol. The lowest BCUT2D eigenvalue weighted by molar-refractivity contribution is 0.415. The van der Waals surface area contributed by atoms with Crippen LogP contribution in [0.15, 0.2) is 63.9 Å². The molecule has 17 heavy (non-hydrogen) atoms. The maximum Gasteiger partial charge on any atom is 0.118 e. The maximum absolute atomic E-state index is 5.09. The molecule has 0 radical (unpaired) electrons. The van der Waals surface area contributed by atoms with Crippen LogP contribution in [-0.2, 0) is 0 Å². The molecule has 0 heterocycles. The average Bonchev–Trinajstić information content (AvgIpc) is 2.41. The second-order valence-corrected chi connectivity index (χ2v) is 4.28. The lowest BCUT2D eigenvalue weighted by Gasteiger charge is -1.98. The summed E-state index contributed by atoms with van der Waals surface area (Å²) in [7, 11) is 1.66. The number of rotatable bonds is 4. The lowest BCUT2D eigenvalue weighted by Crippen LogP contribution is -1.83. The first kappa shape index (κ1) is 11.7. The van der Waals surface area contributed by atoms with Gasteiger partial charge in [0, 0.05) is 23.1 Å². The van der Waals surface area contributed by atoms with Gasteiger partial charge in [-0.05, 0) is 42.0 Å². The summed E-state index contributed by atoms with van der Waals surface area (Å²) in [5.41, 5.74) is 1.06. The first-order valence-electron chi connectivity index (χ1n) is 5.28. The molecule has 0 aliphatic carbocycles. The molecule has 0 bridgehead atoms. The molecule has 0 spiro atoms. The fourth-order valence-corrected chi connectivity index (χ4v) is 1.89. The van der Waals surface area contributed by atoms with E-state index in [4.69, 9.17) is 4.74 Å². The normalized spacial score (nSPS) is 10.6. The van der Waals surface area contributed by atoms with E-state index in [-0.39, 0.29) is 0 Å². The van der Waals surface area contributed by atoms with E-state index in [9.17, 15) is 0 Å². The topological polar surface area (TPSA) is 21.6 Å². The van der Waals surface area contributed by atoms with E-state index in [1.54, 1.807) is 7.11 Å². The van der Waals surface area contributed by atoms with Gasteiger partial charge in [-0.3, -0.25) is 0 Å². The number of ether oxygens (including phenoxy) is 1. The Morgan fingerprint density at radius 2 is 1.71 bits per heavy atom. The quantitative estimate of drug-likeness (QED) is 0.601. The largest absolute Gasteiger partial charge is 0.497 e. The molecule has 0 amide bonds. The fourth-order valence-electron chi connectivity index (χ4n) is 1.32. The van der Waals surface area contributed by atoms with Crippen LogP contribution < -0.4 is 4.74 Å². The molecule has 0 fully saturated rings. The van der Waals surface area contributed by atoms with Gasteiger partial charge in [-0.15, -0.1) is 0 Å². The Hall–Kier alpha value is -1.74. The second kappa shape index (κ2) is 6.11. The van der Waals surface area contributed by atoms with Crippen molar-refractivity contribution in [1.29, 1.82) is 0 Å². The highest BCUT2D eigenvalue weighted by molar-refractivity contribution is 7.98. The number of methoxy groups -OCH3 is 1. The van der Waals surface area contributed by atoms with Gasteiger partial charge in [-0.25, -0.2) is 4.40 Å². The summed E-state index contributed by atoms with van der Waals surface area (Å²) in [6.45, 7) is 0. The lowest BCUT2D eigenvalue weighted by atomic mass is 10.2. The Balaban J connectivity index is 1.96. The summed E-state index contributed by atoms with van der Waals surface area (Å²) in [6.07, 6.45) is 1.84. The van der Waals surface area contributed by atoms with Crippen molar-refractivity contribution in [3.8, 4) is 5.75 Å². The molecule has 0 saturated carbocycles. The zero-order valence-corrected chi connectivity index (χ0v) is 10.4. The van der Waals surface area contributed by atoms with Crippen molar-refractivity contribution in [3.63, 3.8) is 0 Å². The van der Waals surface area contributed by atoms with Crippen LogP contribution in [0.3, 0.4) is 0 Å². The molecule has 86 valence electrons. The molecule has 0 aliphatic heterocycles. The van der Waals surface area contributed by atoms with Crippen LogP contribution >= 0.6 is 11.9 Å². The maximum atomic E-state index is 5.09. The van der Waals surface area contributed by atoms with E-state index in [0.717, 1.165) is 16.2 Å². The molecule has 2 rings (SSSR count). The van der Waals surface area contributed by atoms with Gasteiger partial charge in [0.2, 0.25) is 0 Å². The van der Waals surface area contributed by atoms with Gasteiger partial charge in [0.1, 0.15) is 5.75 Å². The molecule has 0 aliphatic rings. The van der Waals surface area contributed by atoms with Gasteiger partial charge < -0.3 is 4.74 Å². The van der Waals surface area contributed by atoms with E-state index in [0.29, 0.717) is 0 Å². The number of hydrogen-bond donors (Lipinski definition) is 0. The average molecular weight is 243 g/mol. The van der Waals surface area contributed by atoms with E-state index >= 15 is 0 Å². The van der Waals surface area contributed by atoms with Gasteiger partial charge in [0.25, 0.3) is 0 Å². The van der Waals surface area contributed by atoms with Crippen LogP contribution in [0.4, 0.5) is 0 Å². The summed E-state index contributed by atoms with van der Waals surface area (Å²) in [6, 6.07) is 17.9. The minimum absolute atomic E-state index is 0.859. The summed E-state index contributed by atoms with van der Waals surface area (Å²) >= 11 is 1.46. The molecular formula is C14H13NOS. The minimum Gasteiger partial charge on any atom is -0.497 e. The van der Waals surface area contributed by atoms with Crippen LogP contribution in [0.25, 0.3) is 0 Å². The van der Waals surface area contributed by atoms with Gasteiger partial charge in [0.05, 0.1) is 7.11 Å². The first-order chi connectivity index (χ1) is 8.38. The molecule has 0 atom stereocenters. The molecule has 2 aromatic carbocycles. The third kappa shape index (κ3) is 3.64. The molecule has 0 aromatic heterocycles. The Morgan fingerprint density at radius 3 is 2.35 bits per heavy atom. The highest BCUT2D eigenvalue weighted by Gasteiger charge is 1.91. The number of benzene rings is 2. The highest BCUT2D eigenvalue weighted by Crippen LogP contribution is 2.18. The van der Waals surface area contributed by atoms with Crippen LogP contribution in [0.5, 0.6) is 5.75 Å². The van der Waals surface area contributed by atoms with E-state index in [1.807, 2.05) is 60.8 Å². The summed E-state index contributed by atoms with van der Waals surface area (Å²) in [5, 5.41) is 0. The van der Waals surface area contributed by atoms with Crippen LogP contribution in [0.1, 0.15) is 5.56 Å². The number of hydrogen-bond acceptors (Lipinski definition) is 3. The molecule has 0 saturated heterocycles. The Kier molecular flexibility index (Phi) is 4.22. The Labute approximate surface area is 105 Å². The highest BCUT2D eigenvalue weighted by atomic mass is 32.2. The van der Waals surface area contributed by atoms with Gasteiger partial charge in [-0.1, -0.05) is 18.2 Å². The first-order valence-corrected chi connectivity index (χ1v) is 6.05. The predicted molar refractivity (Wildman–Crippen MR) is 72.9 cm³/mol. The zero-order valence-electron chi connectivity index (χ0n) is 9.54. The van der Waals surface area contributed by atoms with Crippen molar-refractivity contribution in [3.05, 3.63) is 60.2 Å². The molecule has 0 N–H and O–H groups in total. The molecule has 2 aromatic rings. The summed E-state index contributed by atoms with van der Waals surface area (Å²) < 4.78 is 9.41. The van der Waals surface area contributed by atoms with Gasteiger partial charge in [-0.2, -0.15) is 0 Å². The number of nitrogens with zero attached hydrogens (tertiary/aromatic N) is 1. The third-order valence-corrected chi connectivity index (χ3v) is 2.91. The third-order valence-electron chi connectivity index (χ3n) is 2.22. The van der Waals surface area contributed by atoms with Crippen LogP contribution in [0.2, 0.25) is 0 Å². The van der Waals surface area contributed by atoms with Crippen molar-refractivity contribution in [2.24, 2.45) is 4.40 Å². The summed E-state index contributed by atoms with van der Waals surface area (Å²) in [4.78, 5) is 1.14. The van der Waals surface area contributed by atoms with Crippen LogP contribution in [-0.4, -0.2) is 13.3 Å². The van der Waals surface area contributed by atoms with Crippen molar-refractivity contribution >= 4 is 18.2 Å². The second-order valence-electron chi connectivity index (χ2n) is 3.41. The monoisotopic (exact) mass is 243 g/mol. The van der Waals surface area contributed by atoms with Gasteiger partial charge in [0.15, 0.2) is 0 Å².